The molecule has 2 N–H and O–H groups in total. The summed E-state index contributed by atoms with van der Waals surface area (Å²) in [4.78, 5) is 10.8. The second-order valence-electron chi connectivity index (χ2n) is 4.87. The number of anilines is 1. The van der Waals surface area contributed by atoms with E-state index >= 15 is 0 Å². The number of rotatable bonds is 4. The smallest absolute Gasteiger partial charge is 0.335 e. The third-order valence-electron chi connectivity index (χ3n) is 3.12. The average molecular weight is 323 g/mol. The average Bonchev–Trinajstić information content (AvgIpc) is 2.42. The van der Waals surface area contributed by atoms with E-state index in [0.29, 0.717) is 11.1 Å². The molecule has 0 saturated heterocycles. The standard InChI is InChI=1S/C15H14FNO4S/c1-9-3-6-14(13(16)7-9)17-22(20,21)11-5-4-10(2)12(8-11)15(18)19/h3-8,17H,1-2H3,(H,18,19). The first kappa shape index (κ1) is 16.0. The quantitative estimate of drug-likeness (QED) is 0.906. The molecule has 0 aromatic heterocycles. The van der Waals surface area contributed by atoms with Crippen LogP contribution in [0.1, 0.15) is 21.5 Å². The Morgan fingerprint density at radius 3 is 2.41 bits per heavy atom. The van der Waals surface area contributed by atoms with Gasteiger partial charge in [-0.3, -0.25) is 4.72 Å². The lowest BCUT2D eigenvalue weighted by atomic mass is 10.1. The Hall–Kier alpha value is -2.41. The molecule has 2 aromatic rings. The van der Waals surface area contributed by atoms with Gasteiger partial charge in [-0.1, -0.05) is 12.1 Å². The second kappa shape index (κ2) is 5.76. The molecule has 22 heavy (non-hydrogen) atoms. The van der Waals surface area contributed by atoms with Crippen molar-refractivity contribution in [2.24, 2.45) is 0 Å². The highest BCUT2D eigenvalue weighted by Gasteiger charge is 2.19. The lowest BCUT2D eigenvalue weighted by Gasteiger charge is -2.11. The van der Waals surface area contributed by atoms with Gasteiger partial charge in [0.25, 0.3) is 10.0 Å². The summed E-state index contributed by atoms with van der Waals surface area (Å²) < 4.78 is 40.4. The van der Waals surface area contributed by atoms with Gasteiger partial charge in [0.1, 0.15) is 5.82 Å². The lowest BCUT2D eigenvalue weighted by Crippen LogP contribution is -2.15. The zero-order valence-corrected chi connectivity index (χ0v) is 12.7. The Bertz CT molecular complexity index is 847. The maximum absolute atomic E-state index is 13.7. The number of aromatic carboxylic acids is 1. The number of carbonyl (C=O) groups is 1. The van der Waals surface area contributed by atoms with Gasteiger partial charge in [-0.05, 0) is 49.2 Å². The van der Waals surface area contributed by atoms with Gasteiger partial charge in [0, 0.05) is 0 Å². The fourth-order valence-electron chi connectivity index (χ4n) is 1.91. The van der Waals surface area contributed by atoms with Gasteiger partial charge in [-0.15, -0.1) is 0 Å². The first-order chi connectivity index (χ1) is 10.2. The molecular formula is C15H14FNO4S. The van der Waals surface area contributed by atoms with Gasteiger partial charge in [0.05, 0.1) is 16.1 Å². The summed E-state index contributed by atoms with van der Waals surface area (Å²) in [5, 5.41) is 9.04. The third kappa shape index (κ3) is 3.25. The van der Waals surface area contributed by atoms with Gasteiger partial charge >= 0.3 is 5.97 Å². The number of halogens is 1. The number of sulfonamides is 1. The molecule has 0 saturated carbocycles. The minimum absolute atomic E-state index is 0.118. The number of carboxylic acid groups (broad SMARTS) is 1. The molecule has 2 aromatic carbocycles. The minimum atomic E-state index is -4.07. The van der Waals surface area contributed by atoms with E-state index in [4.69, 9.17) is 5.11 Å². The number of hydrogen-bond donors (Lipinski definition) is 2. The molecule has 0 bridgehead atoms. The number of aryl methyl sites for hydroxylation is 2. The van der Waals surface area contributed by atoms with Crippen molar-refractivity contribution >= 4 is 21.7 Å². The predicted octanol–water partition coefficient (Wildman–Crippen LogP) is 2.94. The van der Waals surface area contributed by atoms with Crippen LogP contribution in [0.3, 0.4) is 0 Å². The van der Waals surface area contributed by atoms with Crippen molar-refractivity contribution in [1.29, 1.82) is 0 Å². The fourth-order valence-corrected chi connectivity index (χ4v) is 3.00. The highest BCUT2D eigenvalue weighted by atomic mass is 32.2. The van der Waals surface area contributed by atoms with Gasteiger partial charge in [0.15, 0.2) is 0 Å². The van der Waals surface area contributed by atoms with E-state index < -0.39 is 21.8 Å². The summed E-state index contributed by atoms with van der Waals surface area (Å²) in [7, 11) is -4.07. The highest BCUT2D eigenvalue weighted by molar-refractivity contribution is 7.92. The van der Waals surface area contributed by atoms with Crippen molar-refractivity contribution in [2.75, 3.05) is 4.72 Å². The van der Waals surface area contributed by atoms with Crippen LogP contribution < -0.4 is 4.72 Å². The van der Waals surface area contributed by atoms with Crippen LogP contribution in [-0.2, 0) is 10.0 Å². The molecule has 0 aliphatic heterocycles. The van der Waals surface area contributed by atoms with Crippen molar-refractivity contribution in [3.8, 4) is 0 Å². The molecule has 0 spiro atoms. The maximum Gasteiger partial charge on any atom is 0.335 e. The summed E-state index contributed by atoms with van der Waals surface area (Å²) in [5.41, 5.74) is 0.784. The Morgan fingerprint density at radius 2 is 1.82 bits per heavy atom. The number of hydrogen-bond acceptors (Lipinski definition) is 3. The van der Waals surface area contributed by atoms with E-state index in [2.05, 4.69) is 4.72 Å². The molecule has 0 heterocycles. The summed E-state index contributed by atoms with van der Waals surface area (Å²) >= 11 is 0. The molecule has 7 heteroatoms. The predicted molar refractivity (Wildman–Crippen MR) is 80.1 cm³/mol. The van der Waals surface area contributed by atoms with Gasteiger partial charge in [-0.25, -0.2) is 17.6 Å². The van der Waals surface area contributed by atoms with Crippen LogP contribution in [0.4, 0.5) is 10.1 Å². The number of nitrogens with one attached hydrogen (secondary N) is 1. The van der Waals surface area contributed by atoms with E-state index in [1.807, 2.05) is 0 Å². The van der Waals surface area contributed by atoms with E-state index in [1.165, 1.54) is 24.3 Å². The maximum atomic E-state index is 13.7. The molecule has 0 aliphatic carbocycles. The highest BCUT2D eigenvalue weighted by Crippen LogP contribution is 2.22. The van der Waals surface area contributed by atoms with Crippen molar-refractivity contribution in [1.82, 2.24) is 0 Å². The molecular weight excluding hydrogens is 309 g/mol. The molecule has 0 radical (unpaired) electrons. The molecule has 0 unspecified atom stereocenters. The molecule has 0 fully saturated rings. The molecule has 116 valence electrons. The van der Waals surface area contributed by atoms with Crippen molar-refractivity contribution < 1.29 is 22.7 Å². The summed E-state index contributed by atoms with van der Waals surface area (Å²) in [6, 6.07) is 7.80. The lowest BCUT2D eigenvalue weighted by molar-refractivity contribution is 0.0696. The van der Waals surface area contributed by atoms with Crippen molar-refractivity contribution in [3.63, 3.8) is 0 Å². The Balaban J connectivity index is 2.42. The van der Waals surface area contributed by atoms with Crippen LogP contribution in [0.5, 0.6) is 0 Å². The fraction of sp³-hybridized carbons (Fsp3) is 0.133. The Kier molecular flexibility index (Phi) is 4.18. The van der Waals surface area contributed by atoms with Gasteiger partial charge in [-0.2, -0.15) is 0 Å². The van der Waals surface area contributed by atoms with Crippen molar-refractivity contribution in [3.05, 3.63) is 58.9 Å². The first-order valence-electron chi connectivity index (χ1n) is 6.33. The van der Waals surface area contributed by atoms with E-state index in [1.54, 1.807) is 19.9 Å². The van der Waals surface area contributed by atoms with Crippen LogP contribution in [0.15, 0.2) is 41.3 Å². The monoisotopic (exact) mass is 323 g/mol. The minimum Gasteiger partial charge on any atom is -0.478 e. The van der Waals surface area contributed by atoms with Crippen LogP contribution in [0.2, 0.25) is 0 Å². The molecule has 5 nitrogen and oxygen atoms in total. The second-order valence-corrected chi connectivity index (χ2v) is 6.55. The zero-order chi connectivity index (χ0) is 16.5. The number of benzene rings is 2. The van der Waals surface area contributed by atoms with Crippen LogP contribution >= 0.6 is 0 Å². The van der Waals surface area contributed by atoms with Gasteiger partial charge < -0.3 is 5.11 Å². The number of carboxylic acids is 1. The SMILES string of the molecule is Cc1ccc(NS(=O)(=O)c2ccc(C)c(C(=O)O)c2)c(F)c1. The zero-order valence-electron chi connectivity index (χ0n) is 11.9. The summed E-state index contributed by atoms with van der Waals surface area (Å²) in [6.45, 7) is 3.24. The van der Waals surface area contributed by atoms with Crippen LogP contribution in [0.25, 0.3) is 0 Å². The molecule has 0 atom stereocenters. The molecule has 0 amide bonds. The van der Waals surface area contributed by atoms with Gasteiger partial charge in [0.2, 0.25) is 0 Å². The van der Waals surface area contributed by atoms with E-state index in [-0.39, 0.29) is 16.1 Å². The first-order valence-corrected chi connectivity index (χ1v) is 7.82. The molecule has 2 rings (SSSR count). The van der Waals surface area contributed by atoms with E-state index in [0.717, 1.165) is 6.07 Å². The van der Waals surface area contributed by atoms with Crippen LogP contribution in [-0.4, -0.2) is 19.5 Å². The van der Waals surface area contributed by atoms with Crippen molar-refractivity contribution in [2.45, 2.75) is 18.7 Å². The van der Waals surface area contributed by atoms with Crippen LogP contribution in [0, 0.1) is 19.7 Å². The van der Waals surface area contributed by atoms with E-state index in [9.17, 15) is 17.6 Å². The Labute approximate surface area is 127 Å². The Morgan fingerprint density at radius 1 is 1.14 bits per heavy atom. The largest absolute Gasteiger partial charge is 0.478 e. The topological polar surface area (TPSA) is 83.5 Å². The third-order valence-corrected chi connectivity index (χ3v) is 4.48. The summed E-state index contributed by atoms with van der Waals surface area (Å²) in [5.74, 6) is -1.93. The normalized spacial score (nSPS) is 11.2. The summed E-state index contributed by atoms with van der Waals surface area (Å²) in [6.07, 6.45) is 0. The molecule has 0 aliphatic rings.